The molecule has 16 heavy (non-hydrogen) atoms. The molecule has 0 amide bonds. The van der Waals surface area contributed by atoms with E-state index in [0.29, 0.717) is 5.56 Å². The van der Waals surface area contributed by atoms with Crippen LogP contribution in [0.1, 0.15) is 12.5 Å². The number of sulfone groups is 1. The number of nitrogens with zero attached hydrogens (tertiary/aromatic N) is 1. The van der Waals surface area contributed by atoms with Crippen molar-refractivity contribution in [3.63, 3.8) is 0 Å². The molecule has 0 atom stereocenters. The van der Waals surface area contributed by atoms with Crippen molar-refractivity contribution in [2.45, 2.75) is 6.92 Å². The Morgan fingerprint density at radius 3 is 2.38 bits per heavy atom. The maximum atomic E-state index is 12.6. The van der Waals surface area contributed by atoms with Gasteiger partial charge < -0.3 is 5.21 Å². The van der Waals surface area contributed by atoms with Gasteiger partial charge in [-0.1, -0.05) is 24.2 Å². The van der Waals surface area contributed by atoms with Crippen LogP contribution in [-0.4, -0.2) is 30.8 Å². The normalized spacial score (nSPS) is 12.8. The number of hydrogen-bond donors (Lipinski definition) is 1. The van der Waals surface area contributed by atoms with Crippen molar-refractivity contribution >= 4 is 15.5 Å². The van der Waals surface area contributed by atoms with Gasteiger partial charge >= 0.3 is 0 Å². The zero-order chi connectivity index (χ0) is 12.2. The van der Waals surface area contributed by atoms with E-state index in [0.717, 1.165) is 0 Å². The second-order valence-corrected chi connectivity index (χ2v) is 5.58. The number of benzene rings is 1. The average Bonchev–Trinajstić information content (AvgIpc) is 2.27. The summed E-state index contributed by atoms with van der Waals surface area (Å²) < 4.78 is 35.3. The van der Waals surface area contributed by atoms with Gasteiger partial charge in [-0.25, -0.2) is 12.8 Å². The molecular weight excluding hydrogens is 233 g/mol. The molecule has 0 unspecified atom stereocenters. The van der Waals surface area contributed by atoms with Crippen LogP contribution in [0.3, 0.4) is 0 Å². The van der Waals surface area contributed by atoms with E-state index >= 15 is 0 Å². The molecule has 1 aromatic rings. The highest BCUT2D eigenvalue weighted by atomic mass is 32.2. The van der Waals surface area contributed by atoms with E-state index in [1.165, 1.54) is 31.2 Å². The molecule has 0 aliphatic heterocycles. The minimum absolute atomic E-state index is 0.0156. The Kier molecular flexibility index (Phi) is 4.00. The third-order valence-electron chi connectivity index (χ3n) is 2.09. The van der Waals surface area contributed by atoms with E-state index < -0.39 is 15.7 Å². The molecule has 88 valence electrons. The maximum absolute atomic E-state index is 12.6. The summed E-state index contributed by atoms with van der Waals surface area (Å²) in [5.41, 5.74) is 0.405. The largest absolute Gasteiger partial charge is 0.411 e. The quantitative estimate of drug-likeness (QED) is 0.496. The number of rotatable bonds is 4. The van der Waals surface area contributed by atoms with Crippen LogP contribution < -0.4 is 0 Å². The zero-order valence-corrected chi connectivity index (χ0v) is 9.54. The first-order valence-corrected chi connectivity index (χ1v) is 6.48. The molecule has 0 spiro atoms. The Balaban J connectivity index is 2.97. The van der Waals surface area contributed by atoms with Crippen LogP contribution in [0, 0.1) is 5.82 Å². The fourth-order valence-electron chi connectivity index (χ4n) is 1.12. The first-order valence-electron chi connectivity index (χ1n) is 4.66. The van der Waals surface area contributed by atoms with Crippen LogP contribution in [0.5, 0.6) is 0 Å². The van der Waals surface area contributed by atoms with Gasteiger partial charge in [0.2, 0.25) is 0 Å². The lowest BCUT2D eigenvalue weighted by Gasteiger charge is -2.04. The lowest BCUT2D eigenvalue weighted by Crippen LogP contribution is -2.18. The van der Waals surface area contributed by atoms with E-state index in [2.05, 4.69) is 5.16 Å². The highest BCUT2D eigenvalue weighted by Crippen LogP contribution is 2.06. The molecule has 0 aliphatic carbocycles. The maximum Gasteiger partial charge on any atom is 0.155 e. The summed E-state index contributed by atoms with van der Waals surface area (Å²) in [5, 5.41) is 11.7. The number of hydrogen-bond acceptors (Lipinski definition) is 4. The van der Waals surface area contributed by atoms with Crippen LogP contribution >= 0.6 is 0 Å². The van der Waals surface area contributed by atoms with Gasteiger partial charge in [-0.15, -0.1) is 0 Å². The second kappa shape index (κ2) is 5.07. The molecule has 1 rings (SSSR count). The van der Waals surface area contributed by atoms with Gasteiger partial charge in [0.15, 0.2) is 9.84 Å². The first-order chi connectivity index (χ1) is 7.48. The fourth-order valence-corrected chi connectivity index (χ4v) is 1.97. The summed E-state index contributed by atoms with van der Waals surface area (Å²) in [6.07, 6.45) is 0. The van der Waals surface area contributed by atoms with E-state index in [4.69, 9.17) is 5.21 Å². The molecule has 6 heteroatoms. The minimum atomic E-state index is -3.27. The van der Waals surface area contributed by atoms with Crippen molar-refractivity contribution in [2.75, 3.05) is 11.5 Å². The van der Waals surface area contributed by atoms with Gasteiger partial charge in [0.05, 0.1) is 5.75 Å². The van der Waals surface area contributed by atoms with Gasteiger partial charge in [-0.05, 0) is 12.1 Å². The smallest absolute Gasteiger partial charge is 0.155 e. The molecule has 1 aromatic carbocycles. The van der Waals surface area contributed by atoms with Crippen LogP contribution in [-0.2, 0) is 9.84 Å². The van der Waals surface area contributed by atoms with Crippen molar-refractivity contribution in [2.24, 2.45) is 5.16 Å². The van der Waals surface area contributed by atoms with Crippen molar-refractivity contribution in [3.8, 4) is 0 Å². The third-order valence-corrected chi connectivity index (χ3v) is 3.69. The Morgan fingerprint density at radius 1 is 1.38 bits per heavy atom. The SMILES string of the molecule is CCS(=O)(=O)C/C(=N\O)c1ccc(F)cc1. The van der Waals surface area contributed by atoms with Crippen LogP contribution in [0.15, 0.2) is 29.4 Å². The van der Waals surface area contributed by atoms with Crippen molar-refractivity contribution in [3.05, 3.63) is 35.6 Å². The molecule has 0 saturated carbocycles. The number of halogens is 1. The summed E-state index contributed by atoms with van der Waals surface area (Å²) in [6, 6.07) is 5.10. The van der Waals surface area contributed by atoms with Gasteiger partial charge in [0.25, 0.3) is 0 Å². The molecule has 0 aromatic heterocycles. The summed E-state index contributed by atoms with van der Waals surface area (Å²) in [4.78, 5) is 0. The lowest BCUT2D eigenvalue weighted by atomic mass is 10.1. The second-order valence-electron chi connectivity index (χ2n) is 3.23. The molecule has 1 N–H and O–H groups in total. The molecular formula is C10H12FNO3S. The predicted molar refractivity (Wildman–Crippen MR) is 59.1 cm³/mol. The van der Waals surface area contributed by atoms with E-state index in [9.17, 15) is 12.8 Å². The van der Waals surface area contributed by atoms with Crippen molar-refractivity contribution < 1.29 is 18.0 Å². The van der Waals surface area contributed by atoms with Crippen LogP contribution in [0.2, 0.25) is 0 Å². The lowest BCUT2D eigenvalue weighted by molar-refractivity contribution is 0.319. The Bertz CT molecular complexity index is 479. The summed E-state index contributed by atoms with van der Waals surface area (Å²) >= 11 is 0. The summed E-state index contributed by atoms with van der Waals surface area (Å²) in [5.74, 6) is -0.821. The van der Waals surface area contributed by atoms with E-state index in [1.54, 1.807) is 0 Å². The molecule has 0 radical (unpaired) electrons. The van der Waals surface area contributed by atoms with E-state index in [-0.39, 0.29) is 17.2 Å². The predicted octanol–water partition coefficient (Wildman–Crippen LogP) is 1.44. The fraction of sp³-hybridized carbons (Fsp3) is 0.300. The Morgan fingerprint density at radius 2 is 1.94 bits per heavy atom. The molecule has 4 nitrogen and oxygen atoms in total. The van der Waals surface area contributed by atoms with Crippen LogP contribution in [0.4, 0.5) is 4.39 Å². The van der Waals surface area contributed by atoms with Gasteiger partial charge in [-0.3, -0.25) is 0 Å². The minimum Gasteiger partial charge on any atom is -0.411 e. The molecule has 0 aliphatic rings. The molecule has 0 bridgehead atoms. The molecule has 0 saturated heterocycles. The van der Waals surface area contributed by atoms with Crippen LogP contribution in [0.25, 0.3) is 0 Å². The topological polar surface area (TPSA) is 66.7 Å². The van der Waals surface area contributed by atoms with Gasteiger partial charge in [-0.2, -0.15) is 0 Å². The molecule has 0 fully saturated rings. The third kappa shape index (κ3) is 3.30. The number of oxime groups is 1. The average molecular weight is 245 g/mol. The standard InChI is InChI=1S/C10H12FNO3S/c1-2-16(14,15)7-10(12-13)8-3-5-9(11)6-4-8/h3-6,13H,2,7H2,1H3/b12-10+. The molecule has 0 heterocycles. The Hall–Kier alpha value is -1.43. The van der Waals surface area contributed by atoms with Crippen molar-refractivity contribution in [1.29, 1.82) is 0 Å². The van der Waals surface area contributed by atoms with Gasteiger partial charge in [0, 0.05) is 11.3 Å². The summed E-state index contributed by atoms with van der Waals surface area (Å²) in [6.45, 7) is 1.51. The Labute approximate surface area is 93.3 Å². The van der Waals surface area contributed by atoms with Gasteiger partial charge in [0.1, 0.15) is 11.5 Å². The summed E-state index contributed by atoms with van der Waals surface area (Å²) in [7, 11) is -3.27. The van der Waals surface area contributed by atoms with E-state index in [1.807, 2.05) is 0 Å². The highest BCUT2D eigenvalue weighted by Gasteiger charge is 2.14. The zero-order valence-electron chi connectivity index (χ0n) is 8.72. The first kappa shape index (κ1) is 12.6. The monoisotopic (exact) mass is 245 g/mol. The van der Waals surface area contributed by atoms with Crippen molar-refractivity contribution in [1.82, 2.24) is 0 Å². The highest BCUT2D eigenvalue weighted by molar-refractivity contribution is 7.92.